The summed E-state index contributed by atoms with van der Waals surface area (Å²) in [5, 5.41) is 4.68. The van der Waals surface area contributed by atoms with Gasteiger partial charge in [-0.05, 0) is 56.6 Å². The first-order valence-electron chi connectivity index (χ1n) is 8.98. The lowest BCUT2D eigenvalue weighted by molar-refractivity contribution is -0.188. The van der Waals surface area contributed by atoms with Crippen molar-refractivity contribution in [3.05, 3.63) is 40.9 Å². The van der Waals surface area contributed by atoms with Crippen molar-refractivity contribution >= 4 is 12.2 Å². The van der Waals surface area contributed by atoms with Crippen molar-refractivity contribution in [1.29, 1.82) is 0 Å². The van der Waals surface area contributed by atoms with Crippen LogP contribution in [0.5, 0.6) is 0 Å². The maximum atomic E-state index is 13.1. The molecule has 0 bridgehead atoms. The predicted molar refractivity (Wildman–Crippen MR) is 94.7 cm³/mol. The highest BCUT2D eigenvalue weighted by Crippen LogP contribution is 2.40. The van der Waals surface area contributed by atoms with Crippen LogP contribution in [-0.2, 0) is 6.67 Å². The Bertz CT molecular complexity index is 823. The molecule has 1 aromatic heterocycles. The van der Waals surface area contributed by atoms with Gasteiger partial charge in [-0.1, -0.05) is 18.2 Å². The van der Waals surface area contributed by atoms with Gasteiger partial charge < -0.3 is 0 Å². The number of benzene rings is 1. The van der Waals surface area contributed by atoms with E-state index in [4.69, 9.17) is 12.2 Å². The first-order valence-corrected chi connectivity index (χ1v) is 9.38. The monoisotopic (exact) mass is 382 g/mol. The number of alkyl halides is 3. The molecule has 4 nitrogen and oxygen atoms in total. The van der Waals surface area contributed by atoms with Crippen LogP contribution in [0.25, 0.3) is 5.69 Å². The number of rotatable bonds is 4. The van der Waals surface area contributed by atoms with Crippen molar-refractivity contribution < 1.29 is 13.2 Å². The van der Waals surface area contributed by atoms with Crippen LogP contribution in [0.4, 0.5) is 13.2 Å². The Morgan fingerprint density at radius 3 is 2.50 bits per heavy atom. The third kappa shape index (κ3) is 3.57. The third-order valence-corrected chi connectivity index (χ3v) is 5.52. The number of likely N-dealkylation sites (tertiary alicyclic amines) is 1. The summed E-state index contributed by atoms with van der Waals surface area (Å²) in [4.78, 5) is 1.82. The first-order chi connectivity index (χ1) is 12.4. The zero-order valence-corrected chi connectivity index (χ0v) is 15.1. The standard InChI is InChI=1S/C18H21F3N4S/c19-18(20,21)14-5-4-10-23(11-14)12-24-17(26)25(15-6-2-1-3-7-15)16(22-24)13-8-9-13/h1-3,6-7,13-14H,4-5,8-12H2. The van der Waals surface area contributed by atoms with Crippen LogP contribution in [0.2, 0.25) is 0 Å². The summed E-state index contributed by atoms with van der Waals surface area (Å²) in [6, 6.07) is 9.80. The van der Waals surface area contributed by atoms with Crippen LogP contribution in [0, 0.1) is 10.7 Å². The Labute approximate surface area is 155 Å². The second-order valence-electron chi connectivity index (χ2n) is 7.18. The number of halogens is 3. The molecule has 1 unspecified atom stereocenters. The van der Waals surface area contributed by atoms with Crippen molar-refractivity contribution in [1.82, 2.24) is 19.2 Å². The topological polar surface area (TPSA) is 26.0 Å². The molecule has 2 heterocycles. The highest BCUT2D eigenvalue weighted by atomic mass is 32.1. The van der Waals surface area contributed by atoms with E-state index < -0.39 is 12.1 Å². The Hall–Kier alpha value is -1.67. The summed E-state index contributed by atoms with van der Waals surface area (Å²) in [5.74, 6) is 0.0533. The van der Waals surface area contributed by atoms with Gasteiger partial charge >= 0.3 is 6.18 Å². The molecule has 2 aliphatic rings. The largest absolute Gasteiger partial charge is 0.393 e. The predicted octanol–water partition coefficient (Wildman–Crippen LogP) is 4.51. The average molecular weight is 382 g/mol. The second-order valence-corrected chi connectivity index (χ2v) is 7.55. The van der Waals surface area contributed by atoms with Crippen molar-refractivity contribution in [2.24, 2.45) is 5.92 Å². The minimum atomic E-state index is -4.14. The first kappa shape index (κ1) is 17.7. The van der Waals surface area contributed by atoms with Crippen LogP contribution in [0.1, 0.15) is 37.4 Å². The van der Waals surface area contributed by atoms with Crippen LogP contribution >= 0.6 is 12.2 Å². The number of piperidine rings is 1. The smallest absolute Gasteiger partial charge is 0.284 e. The van der Waals surface area contributed by atoms with E-state index in [1.54, 1.807) is 4.68 Å². The average Bonchev–Trinajstić information content (AvgIpc) is 3.41. The van der Waals surface area contributed by atoms with Gasteiger partial charge in [0.05, 0.1) is 12.6 Å². The van der Waals surface area contributed by atoms with Gasteiger partial charge in [0.1, 0.15) is 5.82 Å². The fourth-order valence-corrected chi connectivity index (χ4v) is 3.88. The highest BCUT2D eigenvalue weighted by Gasteiger charge is 2.42. The third-order valence-electron chi connectivity index (χ3n) is 5.12. The SMILES string of the molecule is FC(F)(F)C1CCCN(Cn2nc(C3CC3)n(-c3ccccc3)c2=S)C1. The molecule has 140 valence electrons. The van der Waals surface area contributed by atoms with Gasteiger partial charge in [0.15, 0.2) is 0 Å². The van der Waals surface area contributed by atoms with Crippen LogP contribution < -0.4 is 0 Å². The zero-order valence-electron chi connectivity index (χ0n) is 14.3. The van der Waals surface area contributed by atoms with Crippen LogP contribution in [0.3, 0.4) is 0 Å². The number of aromatic nitrogens is 3. The summed E-state index contributed by atoms with van der Waals surface area (Å²) in [6.07, 6.45) is -1.22. The van der Waals surface area contributed by atoms with E-state index in [0.29, 0.717) is 30.3 Å². The number of hydrogen-bond acceptors (Lipinski definition) is 3. The van der Waals surface area contributed by atoms with Gasteiger partial charge in [-0.2, -0.15) is 18.3 Å². The van der Waals surface area contributed by atoms with Gasteiger partial charge in [0, 0.05) is 18.2 Å². The molecular formula is C18H21F3N4S. The molecule has 1 saturated heterocycles. The molecule has 0 N–H and O–H groups in total. The van der Waals surface area contributed by atoms with E-state index in [-0.39, 0.29) is 13.0 Å². The number of hydrogen-bond donors (Lipinski definition) is 0. The molecule has 4 rings (SSSR count). The molecular weight excluding hydrogens is 361 g/mol. The molecule has 0 amide bonds. The van der Waals surface area contributed by atoms with Crippen molar-refractivity contribution in [3.63, 3.8) is 0 Å². The minimum Gasteiger partial charge on any atom is -0.284 e. The van der Waals surface area contributed by atoms with Gasteiger partial charge in [0.2, 0.25) is 4.77 Å². The summed E-state index contributed by atoms with van der Waals surface area (Å²) in [6.45, 7) is 0.971. The fraction of sp³-hybridized carbons (Fsp3) is 0.556. The Morgan fingerprint density at radius 2 is 1.85 bits per heavy atom. The number of para-hydroxylation sites is 1. The van der Waals surface area contributed by atoms with Crippen molar-refractivity contribution in [2.45, 2.75) is 44.4 Å². The molecule has 8 heteroatoms. The second kappa shape index (κ2) is 6.81. The zero-order chi connectivity index (χ0) is 18.3. The summed E-state index contributed by atoms with van der Waals surface area (Å²) >= 11 is 5.63. The maximum absolute atomic E-state index is 13.1. The molecule has 1 aromatic carbocycles. The molecule has 26 heavy (non-hydrogen) atoms. The lowest BCUT2D eigenvalue weighted by Crippen LogP contribution is -2.42. The van der Waals surface area contributed by atoms with E-state index in [1.165, 1.54) is 0 Å². The molecule has 1 saturated carbocycles. The Balaban J connectivity index is 1.61. The summed E-state index contributed by atoms with van der Waals surface area (Å²) in [5.41, 5.74) is 0.956. The highest BCUT2D eigenvalue weighted by molar-refractivity contribution is 7.71. The lowest BCUT2D eigenvalue weighted by atomic mass is 9.98. The number of nitrogens with zero attached hydrogens (tertiary/aromatic N) is 4. The van der Waals surface area contributed by atoms with Gasteiger partial charge in [0.25, 0.3) is 0 Å². The van der Waals surface area contributed by atoms with Crippen molar-refractivity contribution in [3.8, 4) is 5.69 Å². The fourth-order valence-electron chi connectivity index (χ4n) is 3.58. The van der Waals surface area contributed by atoms with Crippen molar-refractivity contribution in [2.75, 3.05) is 13.1 Å². The molecule has 0 radical (unpaired) electrons. The molecule has 0 spiro atoms. The quantitative estimate of drug-likeness (QED) is 0.728. The maximum Gasteiger partial charge on any atom is 0.393 e. The molecule has 1 aliphatic heterocycles. The van der Waals surface area contributed by atoms with E-state index >= 15 is 0 Å². The van der Waals surface area contributed by atoms with Crippen LogP contribution in [0.15, 0.2) is 30.3 Å². The molecule has 2 fully saturated rings. The minimum absolute atomic E-state index is 0.0161. The normalized spacial score (nSPS) is 21.9. The molecule has 1 aliphatic carbocycles. The Kier molecular flexibility index (Phi) is 4.64. The van der Waals surface area contributed by atoms with Crippen LogP contribution in [-0.4, -0.2) is 38.5 Å². The summed E-state index contributed by atoms with van der Waals surface area (Å²) < 4.78 is 43.4. The van der Waals surface area contributed by atoms with E-state index in [0.717, 1.165) is 24.4 Å². The van der Waals surface area contributed by atoms with Gasteiger partial charge in [-0.15, -0.1) is 0 Å². The molecule has 2 aromatic rings. The molecule has 1 atom stereocenters. The van der Waals surface area contributed by atoms with Gasteiger partial charge in [-0.3, -0.25) is 9.47 Å². The van der Waals surface area contributed by atoms with E-state index in [9.17, 15) is 13.2 Å². The lowest BCUT2D eigenvalue weighted by Gasteiger charge is -2.33. The van der Waals surface area contributed by atoms with E-state index in [2.05, 4.69) is 5.10 Å². The van der Waals surface area contributed by atoms with E-state index in [1.807, 2.05) is 39.8 Å². The Morgan fingerprint density at radius 1 is 1.12 bits per heavy atom. The summed E-state index contributed by atoms with van der Waals surface area (Å²) in [7, 11) is 0. The van der Waals surface area contributed by atoms with Gasteiger partial charge in [-0.25, -0.2) is 4.68 Å².